The second-order valence-electron chi connectivity index (χ2n) is 4.52. The Morgan fingerprint density at radius 2 is 2.05 bits per heavy atom. The molecule has 1 unspecified atom stereocenters. The zero-order valence-electron chi connectivity index (χ0n) is 11.6. The first-order valence-corrected chi connectivity index (χ1v) is 7.60. The molecule has 0 spiro atoms. The molecule has 1 aromatic carbocycles. The summed E-state index contributed by atoms with van der Waals surface area (Å²) >= 11 is 1.81. The van der Waals surface area contributed by atoms with E-state index in [1.165, 1.54) is 16.1 Å². The minimum Gasteiger partial charge on any atom is -0.384 e. The van der Waals surface area contributed by atoms with Crippen LogP contribution in [0.25, 0.3) is 0 Å². The van der Waals surface area contributed by atoms with E-state index in [4.69, 9.17) is 4.74 Å². The van der Waals surface area contributed by atoms with Crippen molar-refractivity contribution in [1.82, 2.24) is 0 Å². The molecule has 1 aromatic heterocycles. The predicted octanol–water partition coefficient (Wildman–Crippen LogP) is 4.50. The molecule has 0 saturated heterocycles. The normalized spacial score (nSPS) is 12.3. The van der Waals surface area contributed by atoms with Gasteiger partial charge < -0.3 is 10.1 Å². The molecule has 0 bridgehead atoms. The number of ether oxygens (including phenoxy) is 1. The summed E-state index contributed by atoms with van der Waals surface area (Å²) in [6.45, 7) is 2.98. The van der Waals surface area contributed by atoms with Crippen LogP contribution < -0.4 is 5.32 Å². The van der Waals surface area contributed by atoms with Gasteiger partial charge in [-0.3, -0.25) is 0 Å². The lowest BCUT2D eigenvalue weighted by molar-refractivity contribution is 0.202. The first-order valence-electron chi connectivity index (χ1n) is 6.72. The van der Waals surface area contributed by atoms with Crippen LogP contribution in [0, 0.1) is 0 Å². The fourth-order valence-electron chi connectivity index (χ4n) is 2.14. The molecule has 102 valence electrons. The second kappa shape index (κ2) is 7.31. The Morgan fingerprint density at radius 1 is 1.21 bits per heavy atom. The third kappa shape index (κ3) is 3.82. The summed E-state index contributed by atoms with van der Waals surface area (Å²) in [4.78, 5) is 1.39. The second-order valence-corrected chi connectivity index (χ2v) is 5.50. The highest BCUT2D eigenvalue weighted by atomic mass is 32.1. The molecule has 1 heterocycles. The van der Waals surface area contributed by atoms with Crippen molar-refractivity contribution in [2.45, 2.75) is 25.8 Å². The van der Waals surface area contributed by atoms with E-state index >= 15 is 0 Å². The van der Waals surface area contributed by atoms with Crippen LogP contribution in [0.3, 0.4) is 0 Å². The lowest BCUT2D eigenvalue weighted by atomic mass is 10.1. The molecule has 3 heteroatoms. The van der Waals surface area contributed by atoms with E-state index < -0.39 is 0 Å². The molecule has 0 saturated carbocycles. The van der Waals surface area contributed by atoms with Gasteiger partial charge in [-0.25, -0.2) is 0 Å². The van der Waals surface area contributed by atoms with Crippen LogP contribution in [-0.2, 0) is 11.2 Å². The molecular formula is C16H21NOS. The molecule has 2 nitrogen and oxygen atoms in total. The Bertz CT molecular complexity index is 481. The first kappa shape index (κ1) is 14.1. The van der Waals surface area contributed by atoms with Gasteiger partial charge in [0.25, 0.3) is 0 Å². The van der Waals surface area contributed by atoms with E-state index in [0.717, 1.165) is 19.4 Å². The number of hydrogen-bond donors (Lipinski definition) is 1. The highest BCUT2D eigenvalue weighted by Crippen LogP contribution is 2.28. The van der Waals surface area contributed by atoms with Gasteiger partial charge in [-0.1, -0.05) is 31.2 Å². The third-order valence-electron chi connectivity index (χ3n) is 3.22. The van der Waals surface area contributed by atoms with Crippen molar-refractivity contribution in [1.29, 1.82) is 0 Å². The molecule has 0 fully saturated rings. The zero-order valence-corrected chi connectivity index (χ0v) is 12.4. The van der Waals surface area contributed by atoms with Crippen LogP contribution in [0.5, 0.6) is 0 Å². The number of hydrogen-bond acceptors (Lipinski definition) is 3. The van der Waals surface area contributed by atoms with Crippen LogP contribution in [0.2, 0.25) is 0 Å². The quantitative estimate of drug-likeness (QED) is 0.803. The van der Waals surface area contributed by atoms with Gasteiger partial charge in [0.15, 0.2) is 0 Å². The minimum absolute atomic E-state index is 0.392. The Labute approximate surface area is 119 Å². The van der Waals surface area contributed by atoms with Gasteiger partial charge in [0.05, 0.1) is 12.6 Å². The van der Waals surface area contributed by atoms with E-state index in [2.05, 4.69) is 54.0 Å². The molecule has 0 aliphatic carbocycles. The summed E-state index contributed by atoms with van der Waals surface area (Å²) in [5.74, 6) is 0. The van der Waals surface area contributed by atoms with Crippen molar-refractivity contribution in [3.05, 3.63) is 52.2 Å². The molecular weight excluding hydrogens is 254 g/mol. The standard InChI is InChI=1S/C16H21NOS/c1-3-14(16-9-6-12-19-16)17-15-8-5-4-7-13(15)10-11-18-2/h4-9,12,14,17H,3,10-11H2,1-2H3. The van der Waals surface area contributed by atoms with Crippen molar-refractivity contribution < 1.29 is 4.74 Å². The van der Waals surface area contributed by atoms with Crippen LogP contribution in [0.4, 0.5) is 5.69 Å². The highest BCUT2D eigenvalue weighted by molar-refractivity contribution is 7.10. The SMILES string of the molecule is CCC(Nc1ccccc1CCOC)c1cccs1. The van der Waals surface area contributed by atoms with Crippen molar-refractivity contribution >= 4 is 17.0 Å². The van der Waals surface area contributed by atoms with Crippen LogP contribution in [0.15, 0.2) is 41.8 Å². The summed E-state index contributed by atoms with van der Waals surface area (Å²) in [6.07, 6.45) is 2.03. The molecule has 1 atom stereocenters. The largest absolute Gasteiger partial charge is 0.384 e. The summed E-state index contributed by atoms with van der Waals surface area (Å²) in [6, 6.07) is 13.2. The van der Waals surface area contributed by atoms with E-state index in [1.54, 1.807) is 7.11 Å². The van der Waals surface area contributed by atoms with Gasteiger partial charge in [-0.15, -0.1) is 11.3 Å². The van der Waals surface area contributed by atoms with E-state index in [1.807, 2.05) is 11.3 Å². The number of nitrogens with one attached hydrogen (secondary N) is 1. The summed E-state index contributed by atoms with van der Waals surface area (Å²) in [5.41, 5.74) is 2.54. The Morgan fingerprint density at radius 3 is 2.74 bits per heavy atom. The van der Waals surface area contributed by atoms with E-state index in [9.17, 15) is 0 Å². The number of methoxy groups -OCH3 is 1. The number of para-hydroxylation sites is 1. The van der Waals surface area contributed by atoms with Gasteiger partial charge >= 0.3 is 0 Å². The molecule has 1 N–H and O–H groups in total. The van der Waals surface area contributed by atoms with Gasteiger partial charge in [-0.05, 0) is 35.9 Å². The number of rotatable bonds is 7. The van der Waals surface area contributed by atoms with Gasteiger partial charge in [0.1, 0.15) is 0 Å². The number of anilines is 1. The average Bonchev–Trinajstić information content (AvgIpc) is 2.97. The summed E-state index contributed by atoms with van der Waals surface area (Å²) in [5, 5.41) is 5.80. The summed E-state index contributed by atoms with van der Waals surface area (Å²) < 4.78 is 5.18. The fourth-order valence-corrected chi connectivity index (χ4v) is 3.00. The molecule has 0 radical (unpaired) electrons. The Kier molecular flexibility index (Phi) is 5.43. The predicted molar refractivity (Wildman–Crippen MR) is 83.0 cm³/mol. The third-order valence-corrected chi connectivity index (χ3v) is 4.20. The molecule has 2 rings (SSSR count). The van der Waals surface area contributed by atoms with Gasteiger partial charge in [-0.2, -0.15) is 0 Å². The molecule has 19 heavy (non-hydrogen) atoms. The summed E-state index contributed by atoms with van der Waals surface area (Å²) in [7, 11) is 1.75. The molecule has 0 amide bonds. The smallest absolute Gasteiger partial charge is 0.0604 e. The monoisotopic (exact) mass is 275 g/mol. The number of benzene rings is 1. The van der Waals surface area contributed by atoms with E-state index in [0.29, 0.717) is 6.04 Å². The molecule has 0 aliphatic rings. The maximum absolute atomic E-state index is 5.18. The zero-order chi connectivity index (χ0) is 13.5. The topological polar surface area (TPSA) is 21.3 Å². The van der Waals surface area contributed by atoms with Crippen molar-refractivity contribution in [2.75, 3.05) is 19.0 Å². The molecule has 2 aromatic rings. The van der Waals surface area contributed by atoms with Crippen molar-refractivity contribution in [3.63, 3.8) is 0 Å². The maximum atomic E-state index is 5.18. The fraction of sp³-hybridized carbons (Fsp3) is 0.375. The minimum atomic E-state index is 0.392. The lowest BCUT2D eigenvalue weighted by Crippen LogP contribution is -2.10. The van der Waals surface area contributed by atoms with Gasteiger partial charge in [0, 0.05) is 17.7 Å². The first-order chi connectivity index (χ1) is 9.35. The van der Waals surface area contributed by atoms with Crippen LogP contribution >= 0.6 is 11.3 Å². The average molecular weight is 275 g/mol. The van der Waals surface area contributed by atoms with Crippen molar-refractivity contribution in [2.24, 2.45) is 0 Å². The van der Waals surface area contributed by atoms with Crippen molar-refractivity contribution in [3.8, 4) is 0 Å². The molecule has 0 aliphatic heterocycles. The number of thiophene rings is 1. The maximum Gasteiger partial charge on any atom is 0.0604 e. The van der Waals surface area contributed by atoms with Crippen LogP contribution in [0.1, 0.15) is 29.8 Å². The van der Waals surface area contributed by atoms with Gasteiger partial charge in [0.2, 0.25) is 0 Å². The van der Waals surface area contributed by atoms with E-state index in [-0.39, 0.29) is 0 Å². The lowest BCUT2D eigenvalue weighted by Gasteiger charge is -2.19. The highest BCUT2D eigenvalue weighted by Gasteiger charge is 2.11. The van der Waals surface area contributed by atoms with Crippen LogP contribution in [-0.4, -0.2) is 13.7 Å². The Hall–Kier alpha value is -1.32. The Balaban J connectivity index is 2.13.